The average molecular weight is 573 g/mol. The zero-order chi connectivity index (χ0) is 28.4. The number of anilines is 2. The highest BCUT2D eigenvalue weighted by atomic mass is 35.5. The van der Waals surface area contributed by atoms with Gasteiger partial charge in [0.1, 0.15) is 34.7 Å². The Hall–Kier alpha value is -4.39. The van der Waals surface area contributed by atoms with E-state index in [0.29, 0.717) is 42.9 Å². The first-order chi connectivity index (χ1) is 19.2. The number of imidazole rings is 1. The van der Waals surface area contributed by atoms with Gasteiger partial charge in [-0.1, -0.05) is 30.7 Å². The van der Waals surface area contributed by atoms with Crippen LogP contribution >= 0.6 is 11.6 Å². The minimum absolute atomic E-state index is 0.0502. The molecule has 14 heteroatoms. The molecular weight excluding hydrogens is 549 g/mol. The number of ether oxygens (including phenoxy) is 1. The maximum absolute atomic E-state index is 14.5. The quantitative estimate of drug-likeness (QED) is 0.261. The summed E-state index contributed by atoms with van der Waals surface area (Å²) in [5.74, 6) is -1.50. The van der Waals surface area contributed by atoms with Crippen molar-refractivity contribution in [1.29, 1.82) is 0 Å². The Morgan fingerprint density at radius 1 is 1.10 bits per heavy atom. The number of aromatic amines is 1. The molecule has 1 fully saturated rings. The van der Waals surface area contributed by atoms with Gasteiger partial charge in [-0.15, -0.1) is 0 Å². The number of nitrogens with one attached hydrogen (secondary N) is 2. The summed E-state index contributed by atoms with van der Waals surface area (Å²) < 4.78 is 48.2. The molecular formula is C26H24ClF3N8O2. The van der Waals surface area contributed by atoms with E-state index in [-0.39, 0.29) is 16.5 Å². The maximum Gasteiger partial charge on any atom is 0.413 e. The van der Waals surface area contributed by atoms with Crippen molar-refractivity contribution in [2.24, 2.45) is 5.92 Å². The van der Waals surface area contributed by atoms with E-state index in [9.17, 15) is 18.0 Å². The number of hydrogen-bond acceptors (Lipinski definition) is 7. The number of para-hydroxylation sites is 2. The molecule has 2 N–H and O–H groups in total. The predicted octanol–water partition coefficient (Wildman–Crippen LogP) is 5.84. The first-order valence-corrected chi connectivity index (χ1v) is 12.7. The third-order valence-corrected chi connectivity index (χ3v) is 6.77. The summed E-state index contributed by atoms with van der Waals surface area (Å²) in [5, 5.41) is 6.49. The Morgan fingerprint density at radius 2 is 1.80 bits per heavy atom. The second-order valence-electron chi connectivity index (χ2n) is 9.21. The molecule has 208 valence electrons. The zero-order valence-corrected chi connectivity index (χ0v) is 22.2. The molecule has 1 aliphatic heterocycles. The second kappa shape index (κ2) is 11.4. The van der Waals surface area contributed by atoms with Gasteiger partial charge in [0.25, 0.3) is 5.78 Å². The van der Waals surface area contributed by atoms with Gasteiger partial charge in [0.05, 0.1) is 29.3 Å². The Balaban J connectivity index is 0.000000194. The van der Waals surface area contributed by atoms with E-state index in [1.807, 2.05) is 29.2 Å². The van der Waals surface area contributed by atoms with Gasteiger partial charge in [-0.25, -0.2) is 22.9 Å². The SMILES string of the molecule is CC1CCN(c2c(-c3c(F)cc(F)cc3F)c(Cl)nc3ncnn23)CC1.COC(=O)Nc1nc2ccccc2[nH]1. The van der Waals surface area contributed by atoms with Crippen LogP contribution in [0.15, 0.2) is 42.7 Å². The number of H-pyrrole nitrogens is 1. The summed E-state index contributed by atoms with van der Waals surface area (Å²) in [7, 11) is 1.30. The molecule has 0 unspecified atom stereocenters. The van der Waals surface area contributed by atoms with E-state index in [1.165, 1.54) is 18.0 Å². The molecule has 40 heavy (non-hydrogen) atoms. The van der Waals surface area contributed by atoms with Crippen LogP contribution in [-0.4, -0.2) is 55.8 Å². The topological polar surface area (TPSA) is 113 Å². The van der Waals surface area contributed by atoms with Gasteiger partial charge in [-0.05, 0) is 30.9 Å². The fourth-order valence-corrected chi connectivity index (χ4v) is 4.73. The number of fused-ring (bicyclic) bond motifs is 2. The standard InChI is InChI=1S/C17H15ClF3N5.C9H9N3O2/c1-9-2-4-25(5-3-9)16-14(13-11(20)6-10(19)7-12(13)21)15(18)24-17-22-8-23-26(16)17;1-14-9(13)12-8-10-6-4-2-3-5-7(6)11-8/h6-9H,2-5H2,1H3;2-5H,1H3,(H2,10,11,12,13). The lowest BCUT2D eigenvalue weighted by atomic mass is 9.98. The zero-order valence-electron chi connectivity index (χ0n) is 21.5. The van der Waals surface area contributed by atoms with Crippen molar-refractivity contribution in [3.63, 3.8) is 0 Å². The molecule has 0 radical (unpaired) electrons. The van der Waals surface area contributed by atoms with Crippen molar-refractivity contribution in [3.05, 3.63) is 65.3 Å². The normalized spacial score (nSPS) is 13.8. The monoisotopic (exact) mass is 572 g/mol. The van der Waals surface area contributed by atoms with Crippen molar-refractivity contribution in [1.82, 2.24) is 29.5 Å². The summed E-state index contributed by atoms with van der Waals surface area (Å²) in [6, 6.07) is 8.76. The number of carbonyl (C=O) groups is 1. The van der Waals surface area contributed by atoms with Crippen molar-refractivity contribution >= 4 is 46.3 Å². The molecule has 0 spiro atoms. The van der Waals surface area contributed by atoms with Crippen molar-refractivity contribution in [2.75, 3.05) is 30.4 Å². The summed E-state index contributed by atoms with van der Waals surface area (Å²) in [6.07, 6.45) is 2.60. The van der Waals surface area contributed by atoms with Gasteiger partial charge in [0.15, 0.2) is 0 Å². The molecule has 1 amide bonds. The molecule has 5 aromatic rings. The van der Waals surface area contributed by atoms with Gasteiger partial charge in [-0.3, -0.25) is 5.32 Å². The summed E-state index contributed by atoms with van der Waals surface area (Å²) in [5.41, 5.74) is 1.31. The number of piperidine rings is 1. The average Bonchev–Trinajstić information content (AvgIpc) is 3.55. The minimum atomic E-state index is -1.04. The van der Waals surface area contributed by atoms with Crippen LogP contribution in [0.2, 0.25) is 5.15 Å². The largest absolute Gasteiger partial charge is 0.453 e. The van der Waals surface area contributed by atoms with Crippen LogP contribution in [0.4, 0.5) is 29.7 Å². The van der Waals surface area contributed by atoms with E-state index in [4.69, 9.17) is 11.6 Å². The highest BCUT2D eigenvalue weighted by Gasteiger charge is 2.28. The summed E-state index contributed by atoms with van der Waals surface area (Å²) >= 11 is 6.29. The van der Waals surface area contributed by atoms with E-state index in [0.717, 1.165) is 23.9 Å². The van der Waals surface area contributed by atoms with Crippen LogP contribution in [0.5, 0.6) is 0 Å². The van der Waals surface area contributed by atoms with E-state index in [1.54, 1.807) is 0 Å². The van der Waals surface area contributed by atoms with Crippen LogP contribution in [0.1, 0.15) is 19.8 Å². The number of aromatic nitrogens is 6. The predicted molar refractivity (Wildman–Crippen MR) is 144 cm³/mol. The van der Waals surface area contributed by atoms with Gasteiger partial charge in [0.2, 0.25) is 5.95 Å². The number of amides is 1. The minimum Gasteiger partial charge on any atom is -0.453 e. The molecule has 0 aliphatic carbocycles. The number of hydrogen-bond donors (Lipinski definition) is 2. The molecule has 1 saturated heterocycles. The van der Waals surface area contributed by atoms with E-state index in [2.05, 4.69) is 42.0 Å². The Morgan fingerprint density at radius 3 is 2.48 bits per heavy atom. The van der Waals surface area contributed by atoms with Gasteiger partial charge in [0, 0.05) is 25.2 Å². The van der Waals surface area contributed by atoms with Crippen molar-refractivity contribution < 1.29 is 22.7 Å². The first kappa shape index (κ1) is 27.2. The number of benzene rings is 2. The van der Waals surface area contributed by atoms with Crippen molar-refractivity contribution in [2.45, 2.75) is 19.8 Å². The molecule has 10 nitrogen and oxygen atoms in total. The van der Waals surface area contributed by atoms with Crippen LogP contribution in [0.3, 0.4) is 0 Å². The lowest BCUT2D eigenvalue weighted by Gasteiger charge is -2.33. The Labute approximate surface area is 231 Å². The number of methoxy groups -OCH3 is 1. The molecule has 2 aromatic carbocycles. The van der Waals surface area contributed by atoms with Crippen LogP contribution in [0.25, 0.3) is 27.9 Å². The Bertz CT molecular complexity index is 1630. The molecule has 6 rings (SSSR count). The number of carbonyl (C=O) groups excluding carboxylic acids is 1. The summed E-state index contributed by atoms with van der Waals surface area (Å²) in [4.78, 5) is 28.0. The fourth-order valence-electron chi connectivity index (χ4n) is 4.47. The molecule has 0 saturated carbocycles. The molecule has 4 heterocycles. The number of nitrogens with zero attached hydrogens (tertiary/aromatic N) is 6. The van der Waals surface area contributed by atoms with Crippen LogP contribution in [0, 0.1) is 23.4 Å². The van der Waals surface area contributed by atoms with Gasteiger partial charge in [-0.2, -0.15) is 19.6 Å². The molecule has 1 aliphatic rings. The smallest absolute Gasteiger partial charge is 0.413 e. The summed E-state index contributed by atoms with van der Waals surface area (Å²) in [6.45, 7) is 3.50. The number of halogens is 4. The second-order valence-corrected chi connectivity index (χ2v) is 9.56. The third-order valence-electron chi connectivity index (χ3n) is 6.49. The first-order valence-electron chi connectivity index (χ1n) is 12.3. The van der Waals surface area contributed by atoms with E-state index >= 15 is 0 Å². The lowest BCUT2D eigenvalue weighted by Crippen LogP contribution is -2.35. The molecule has 3 aromatic heterocycles. The highest BCUT2D eigenvalue weighted by molar-refractivity contribution is 6.33. The third kappa shape index (κ3) is 5.50. The fraction of sp³-hybridized carbons (Fsp3) is 0.269. The molecule has 0 atom stereocenters. The molecule has 0 bridgehead atoms. The maximum atomic E-state index is 14.5. The van der Waals surface area contributed by atoms with E-state index < -0.39 is 29.1 Å². The van der Waals surface area contributed by atoms with Crippen molar-refractivity contribution in [3.8, 4) is 11.1 Å². The Kier molecular flexibility index (Phi) is 7.74. The van der Waals surface area contributed by atoms with Crippen LogP contribution < -0.4 is 10.2 Å². The van der Waals surface area contributed by atoms with Crippen LogP contribution in [-0.2, 0) is 4.74 Å². The van der Waals surface area contributed by atoms with Gasteiger partial charge < -0.3 is 14.6 Å². The number of rotatable bonds is 3. The highest BCUT2D eigenvalue weighted by Crippen LogP contribution is 2.40. The van der Waals surface area contributed by atoms with Gasteiger partial charge >= 0.3 is 6.09 Å². The lowest BCUT2D eigenvalue weighted by molar-refractivity contribution is 0.186.